The van der Waals surface area contributed by atoms with Gasteiger partial charge in [-0.15, -0.1) is 0 Å². The molecule has 0 saturated heterocycles. The summed E-state index contributed by atoms with van der Waals surface area (Å²) in [6.45, 7) is 1.88. The van der Waals surface area contributed by atoms with E-state index in [1.807, 2.05) is 6.92 Å². The highest BCUT2D eigenvalue weighted by molar-refractivity contribution is 6.33. The summed E-state index contributed by atoms with van der Waals surface area (Å²) in [5.41, 5.74) is 6.75. The van der Waals surface area contributed by atoms with Crippen molar-refractivity contribution in [3.05, 3.63) is 32.8 Å². The Morgan fingerprint density at radius 3 is 2.69 bits per heavy atom. The Labute approximate surface area is 80.5 Å². The lowest BCUT2D eigenvalue weighted by Gasteiger charge is -2.03. The fraction of sp³-hybridized carbons (Fsp3) is 0.250. The van der Waals surface area contributed by atoms with Gasteiger partial charge < -0.3 is 5.73 Å². The van der Waals surface area contributed by atoms with Crippen molar-refractivity contribution >= 4 is 23.0 Å². The lowest BCUT2D eigenvalue weighted by molar-refractivity contribution is -0.384. The first-order chi connectivity index (χ1) is 6.06. The molecule has 0 amide bonds. The number of rotatable bonds is 2. The van der Waals surface area contributed by atoms with Crippen LogP contribution >= 0.6 is 11.6 Å². The molecule has 1 aromatic rings. The molecule has 2 N–H and O–H groups in total. The summed E-state index contributed by atoms with van der Waals surface area (Å²) in [5.74, 6) is 0. The van der Waals surface area contributed by atoms with Crippen molar-refractivity contribution in [2.45, 2.75) is 13.3 Å². The quantitative estimate of drug-likeness (QED) is 0.453. The standard InChI is InChI=1S/C8H9ClN2O2/c1-2-5-3-8(11(12)13)6(9)4-7(5)10/h3-4H,2,10H2,1H3. The smallest absolute Gasteiger partial charge is 0.288 e. The molecule has 0 saturated carbocycles. The number of halogens is 1. The highest BCUT2D eigenvalue weighted by Gasteiger charge is 2.14. The molecule has 0 aliphatic rings. The summed E-state index contributed by atoms with van der Waals surface area (Å²) in [5, 5.41) is 10.6. The Hall–Kier alpha value is -1.29. The average molecular weight is 201 g/mol. The molecule has 0 atom stereocenters. The summed E-state index contributed by atoms with van der Waals surface area (Å²) in [6.07, 6.45) is 0.657. The summed E-state index contributed by atoms with van der Waals surface area (Å²) in [4.78, 5) is 9.97. The largest absolute Gasteiger partial charge is 0.398 e. The number of nitro benzene ring substituents is 1. The SMILES string of the molecule is CCc1cc([N+](=O)[O-])c(Cl)cc1N. The molecular formula is C8H9ClN2O2. The van der Waals surface area contributed by atoms with E-state index in [1.54, 1.807) is 0 Å². The van der Waals surface area contributed by atoms with Crippen molar-refractivity contribution in [3.8, 4) is 0 Å². The summed E-state index contributed by atoms with van der Waals surface area (Å²) in [6, 6.07) is 2.83. The number of nitrogen functional groups attached to an aromatic ring is 1. The molecule has 0 bridgehead atoms. The molecule has 4 nitrogen and oxygen atoms in total. The molecule has 5 heteroatoms. The van der Waals surface area contributed by atoms with E-state index < -0.39 is 4.92 Å². The van der Waals surface area contributed by atoms with Gasteiger partial charge >= 0.3 is 0 Å². The van der Waals surface area contributed by atoms with Crippen LogP contribution in [-0.4, -0.2) is 4.92 Å². The van der Waals surface area contributed by atoms with E-state index in [0.29, 0.717) is 12.1 Å². The number of hydrogen-bond donors (Lipinski definition) is 1. The van der Waals surface area contributed by atoms with Crippen LogP contribution in [-0.2, 0) is 6.42 Å². The van der Waals surface area contributed by atoms with Crippen molar-refractivity contribution in [2.24, 2.45) is 0 Å². The monoisotopic (exact) mass is 200 g/mol. The normalized spacial score (nSPS) is 10.0. The number of anilines is 1. The number of nitro groups is 1. The van der Waals surface area contributed by atoms with Gasteiger partial charge in [0.05, 0.1) is 4.92 Å². The van der Waals surface area contributed by atoms with Crippen molar-refractivity contribution in [1.29, 1.82) is 0 Å². The van der Waals surface area contributed by atoms with Crippen molar-refractivity contribution in [3.63, 3.8) is 0 Å². The molecule has 0 heterocycles. The van der Waals surface area contributed by atoms with Crippen LogP contribution < -0.4 is 5.73 Å². The third-order valence-corrected chi connectivity index (χ3v) is 2.09. The number of nitrogens with two attached hydrogens (primary N) is 1. The molecule has 0 fully saturated rings. The number of hydrogen-bond acceptors (Lipinski definition) is 3. The van der Waals surface area contributed by atoms with Crippen molar-refractivity contribution < 1.29 is 4.92 Å². The molecule has 0 aromatic heterocycles. The second-order valence-electron chi connectivity index (χ2n) is 2.61. The van der Waals surface area contributed by atoms with Gasteiger partial charge in [-0.3, -0.25) is 10.1 Å². The minimum absolute atomic E-state index is 0.0831. The van der Waals surface area contributed by atoms with E-state index in [0.717, 1.165) is 5.56 Å². The lowest BCUT2D eigenvalue weighted by atomic mass is 10.1. The summed E-state index contributed by atoms with van der Waals surface area (Å²) < 4.78 is 0. The Morgan fingerprint density at radius 1 is 1.62 bits per heavy atom. The molecular weight excluding hydrogens is 192 g/mol. The molecule has 70 valence electrons. The number of aryl methyl sites for hydroxylation is 1. The molecule has 1 aromatic carbocycles. The van der Waals surface area contributed by atoms with E-state index in [1.165, 1.54) is 12.1 Å². The predicted molar refractivity (Wildman–Crippen MR) is 51.9 cm³/mol. The first-order valence-electron chi connectivity index (χ1n) is 3.78. The van der Waals surface area contributed by atoms with Gasteiger partial charge in [-0.25, -0.2) is 0 Å². The first kappa shape index (κ1) is 9.80. The van der Waals surface area contributed by atoms with Gasteiger partial charge in [-0.1, -0.05) is 18.5 Å². The maximum absolute atomic E-state index is 10.5. The zero-order valence-electron chi connectivity index (χ0n) is 7.08. The van der Waals surface area contributed by atoms with E-state index in [9.17, 15) is 10.1 Å². The van der Waals surface area contributed by atoms with Crippen LogP contribution in [0.1, 0.15) is 12.5 Å². The van der Waals surface area contributed by atoms with Crippen LogP contribution in [0.4, 0.5) is 11.4 Å². The van der Waals surface area contributed by atoms with Gasteiger partial charge in [0.2, 0.25) is 0 Å². The zero-order chi connectivity index (χ0) is 10.0. The van der Waals surface area contributed by atoms with Crippen molar-refractivity contribution in [1.82, 2.24) is 0 Å². The third kappa shape index (κ3) is 1.89. The maximum atomic E-state index is 10.5. The van der Waals surface area contributed by atoms with Gasteiger partial charge in [-0.05, 0) is 18.1 Å². The van der Waals surface area contributed by atoms with E-state index in [4.69, 9.17) is 17.3 Å². The Bertz CT molecular complexity index is 352. The first-order valence-corrected chi connectivity index (χ1v) is 4.16. The fourth-order valence-corrected chi connectivity index (χ4v) is 1.31. The van der Waals surface area contributed by atoms with Crippen LogP contribution in [0.5, 0.6) is 0 Å². The second kappa shape index (κ2) is 3.62. The predicted octanol–water partition coefficient (Wildman–Crippen LogP) is 2.39. The average Bonchev–Trinajstić information content (AvgIpc) is 2.03. The van der Waals surface area contributed by atoms with Gasteiger partial charge in [-0.2, -0.15) is 0 Å². The minimum atomic E-state index is -0.513. The zero-order valence-corrected chi connectivity index (χ0v) is 7.84. The topological polar surface area (TPSA) is 69.2 Å². The molecule has 13 heavy (non-hydrogen) atoms. The Morgan fingerprint density at radius 2 is 2.23 bits per heavy atom. The molecule has 0 spiro atoms. The number of benzene rings is 1. The van der Waals surface area contributed by atoms with Gasteiger partial charge in [0.1, 0.15) is 5.02 Å². The van der Waals surface area contributed by atoms with Crippen molar-refractivity contribution in [2.75, 3.05) is 5.73 Å². The van der Waals surface area contributed by atoms with Gasteiger partial charge in [0.15, 0.2) is 0 Å². The molecule has 1 rings (SSSR count). The van der Waals surface area contributed by atoms with E-state index >= 15 is 0 Å². The minimum Gasteiger partial charge on any atom is -0.398 e. The molecule has 0 unspecified atom stereocenters. The molecule has 0 radical (unpaired) electrons. The molecule has 0 aliphatic heterocycles. The Kier molecular flexibility index (Phi) is 2.72. The highest BCUT2D eigenvalue weighted by Crippen LogP contribution is 2.29. The van der Waals surface area contributed by atoms with E-state index in [2.05, 4.69) is 0 Å². The van der Waals surface area contributed by atoms with Crippen LogP contribution in [0.2, 0.25) is 5.02 Å². The fourth-order valence-electron chi connectivity index (χ4n) is 1.07. The maximum Gasteiger partial charge on any atom is 0.288 e. The summed E-state index contributed by atoms with van der Waals surface area (Å²) in [7, 11) is 0. The number of nitrogens with zero attached hydrogens (tertiary/aromatic N) is 1. The lowest BCUT2D eigenvalue weighted by Crippen LogP contribution is -1.96. The molecule has 0 aliphatic carbocycles. The highest BCUT2D eigenvalue weighted by atomic mass is 35.5. The summed E-state index contributed by atoms with van der Waals surface area (Å²) >= 11 is 5.63. The van der Waals surface area contributed by atoms with Crippen LogP contribution in [0, 0.1) is 10.1 Å². The third-order valence-electron chi connectivity index (χ3n) is 1.79. The van der Waals surface area contributed by atoms with Gasteiger partial charge in [0.25, 0.3) is 5.69 Å². The van der Waals surface area contributed by atoms with E-state index in [-0.39, 0.29) is 10.7 Å². The van der Waals surface area contributed by atoms with Crippen LogP contribution in [0.15, 0.2) is 12.1 Å². The van der Waals surface area contributed by atoms with Crippen LogP contribution in [0.25, 0.3) is 0 Å². The van der Waals surface area contributed by atoms with Crippen LogP contribution in [0.3, 0.4) is 0 Å². The second-order valence-corrected chi connectivity index (χ2v) is 3.02. The Balaban J connectivity index is 3.30. The van der Waals surface area contributed by atoms with Gasteiger partial charge in [0, 0.05) is 11.8 Å².